The average molecular weight is 261 g/mol. The van der Waals surface area contributed by atoms with Crippen molar-refractivity contribution in [3.63, 3.8) is 0 Å². The van der Waals surface area contributed by atoms with E-state index in [9.17, 15) is 4.79 Å². The Morgan fingerprint density at radius 3 is 2.68 bits per heavy atom. The predicted molar refractivity (Wildman–Crippen MR) is 76.8 cm³/mol. The second-order valence-electron chi connectivity index (χ2n) is 5.18. The molecule has 0 aromatic heterocycles. The fraction of sp³-hybridized carbons (Fsp3) is 0.533. The molecule has 1 aromatic rings. The van der Waals surface area contributed by atoms with Crippen LogP contribution in [0.15, 0.2) is 24.3 Å². The summed E-state index contributed by atoms with van der Waals surface area (Å²) in [6.45, 7) is 7.33. The number of amides is 1. The number of carbonyl (C=O) groups excluding carboxylic acids is 1. The molecule has 19 heavy (non-hydrogen) atoms. The fourth-order valence-corrected chi connectivity index (χ4v) is 2.28. The topological polar surface area (TPSA) is 35.6 Å². The highest BCUT2D eigenvalue weighted by molar-refractivity contribution is 5.80. The molecule has 1 aliphatic heterocycles. The van der Waals surface area contributed by atoms with Crippen molar-refractivity contribution in [1.82, 2.24) is 15.1 Å². The number of nitrogens with one attached hydrogen (secondary N) is 1. The minimum Gasteiger partial charge on any atom is -0.321 e. The molecule has 1 aromatic carbocycles. The zero-order valence-corrected chi connectivity index (χ0v) is 12.0. The predicted octanol–water partition coefficient (Wildman–Crippen LogP) is 1.38. The lowest BCUT2D eigenvalue weighted by Gasteiger charge is -2.26. The molecule has 1 amide bonds. The van der Waals surface area contributed by atoms with Crippen LogP contribution in [-0.4, -0.2) is 48.9 Å². The molecule has 0 spiro atoms. The second kappa shape index (κ2) is 6.17. The van der Waals surface area contributed by atoms with Crippen molar-refractivity contribution in [2.45, 2.75) is 20.0 Å². The third-order valence-corrected chi connectivity index (χ3v) is 3.73. The zero-order chi connectivity index (χ0) is 13.8. The summed E-state index contributed by atoms with van der Waals surface area (Å²) in [5.41, 5.74) is 2.40. The van der Waals surface area contributed by atoms with Crippen molar-refractivity contribution in [2.24, 2.45) is 0 Å². The standard InChI is InChI=1S/C15H23N3O/c1-4-17(3)9-10-18-14(19)11-16-15(18)13-7-5-12(2)6-8-13/h5-8,15-16H,4,9-11H2,1-3H3. The van der Waals surface area contributed by atoms with Gasteiger partial charge in [0.1, 0.15) is 6.17 Å². The number of nitrogens with zero attached hydrogens (tertiary/aromatic N) is 2. The average Bonchev–Trinajstić information content (AvgIpc) is 2.78. The van der Waals surface area contributed by atoms with Gasteiger partial charge >= 0.3 is 0 Å². The smallest absolute Gasteiger partial charge is 0.238 e. The minimum absolute atomic E-state index is 0.0263. The van der Waals surface area contributed by atoms with Crippen molar-refractivity contribution in [1.29, 1.82) is 0 Å². The number of aryl methyl sites for hydroxylation is 1. The molecule has 4 nitrogen and oxygen atoms in total. The summed E-state index contributed by atoms with van der Waals surface area (Å²) in [7, 11) is 2.08. The SMILES string of the molecule is CCN(C)CCN1C(=O)CNC1c1ccc(C)cc1. The fourth-order valence-electron chi connectivity index (χ4n) is 2.28. The molecule has 1 saturated heterocycles. The molecular formula is C15H23N3O. The first kappa shape index (κ1) is 14.0. The van der Waals surface area contributed by atoms with Crippen LogP contribution < -0.4 is 5.32 Å². The lowest BCUT2D eigenvalue weighted by Crippen LogP contribution is -2.36. The monoisotopic (exact) mass is 261 g/mol. The van der Waals surface area contributed by atoms with Crippen molar-refractivity contribution in [2.75, 3.05) is 33.2 Å². The summed E-state index contributed by atoms with van der Waals surface area (Å²) >= 11 is 0. The van der Waals surface area contributed by atoms with Gasteiger partial charge in [0.15, 0.2) is 0 Å². The first-order chi connectivity index (χ1) is 9.11. The summed E-state index contributed by atoms with van der Waals surface area (Å²) in [5.74, 6) is 0.190. The molecule has 1 fully saturated rings. The van der Waals surface area contributed by atoms with Crippen LogP contribution in [0.25, 0.3) is 0 Å². The molecule has 1 unspecified atom stereocenters. The molecule has 0 aliphatic carbocycles. The molecule has 4 heteroatoms. The first-order valence-electron chi connectivity index (χ1n) is 6.89. The number of hydrogen-bond donors (Lipinski definition) is 1. The van der Waals surface area contributed by atoms with E-state index in [1.54, 1.807) is 0 Å². The molecular weight excluding hydrogens is 238 g/mol. The number of likely N-dealkylation sites (N-methyl/N-ethyl adjacent to an activating group) is 1. The van der Waals surface area contributed by atoms with Crippen molar-refractivity contribution in [3.8, 4) is 0 Å². The van der Waals surface area contributed by atoms with Gasteiger partial charge in [-0.2, -0.15) is 0 Å². The van der Waals surface area contributed by atoms with Crippen molar-refractivity contribution < 1.29 is 4.79 Å². The van der Waals surface area contributed by atoms with E-state index in [0.29, 0.717) is 6.54 Å². The van der Waals surface area contributed by atoms with Gasteiger partial charge in [0.25, 0.3) is 0 Å². The zero-order valence-electron chi connectivity index (χ0n) is 12.0. The lowest BCUT2D eigenvalue weighted by atomic mass is 10.1. The van der Waals surface area contributed by atoms with E-state index in [1.165, 1.54) is 5.56 Å². The third kappa shape index (κ3) is 3.33. The molecule has 104 valence electrons. The van der Waals surface area contributed by atoms with E-state index in [-0.39, 0.29) is 12.1 Å². The van der Waals surface area contributed by atoms with Crippen molar-refractivity contribution in [3.05, 3.63) is 35.4 Å². The maximum absolute atomic E-state index is 12.0. The highest BCUT2D eigenvalue weighted by atomic mass is 16.2. The van der Waals surface area contributed by atoms with Gasteiger partial charge in [0, 0.05) is 13.1 Å². The molecule has 1 atom stereocenters. The van der Waals surface area contributed by atoms with E-state index >= 15 is 0 Å². The van der Waals surface area contributed by atoms with E-state index in [2.05, 4.69) is 55.4 Å². The molecule has 0 saturated carbocycles. The molecule has 0 radical (unpaired) electrons. The molecule has 2 rings (SSSR count). The first-order valence-corrected chi connectivity index (χ1v) is 6.89. The van der Waals surface area contributed by atoms with E-state index < -0.39 is 0 Å². The van der Waals surface area contributed by atoms with Gasteiger partial charge in [-0.05, 0) is 26.1 Å². The van der Waals surface area contributed by atoms with Gasteiger partial charge in [-0.1, -0.05) is 36.8 Å². The summed E-state index contributed by atoms with van der Waals surface area (Å²) < 4.78 is 0. The van der Waals surface area contributed by atoms with Gasteiger partial charge < -0.3 is 9.80 Å². The Morgan fingerprint density at radius 1 is 1.37 bits per heavy atom. The summed E-state index contributed by atoms with van der Waals surface area (Å²) in [6, 6.07) is 8.39. The molecule has 0 bridgehead atoms. The van der Waals surface area contributed by atoms with Gasteiger partial charge in [0.05, 0.1) is 6.54 Å². The van der Waals surface area contributed by atoms with Gasteiger partial charge in [-0.3, -0.25) is 10.1 Å². The van der Waals surface area contributed by atoms with E-state index in [4.69, 9.17) is 0 Å². The maximum atomic E-state index is 12.0. The Bertz CT molecular complexity index is 430. The van der Waals surface area contributed by atoms with Gasteiger partial charge in [-0.15, -0.1) is 0 Å². The second-order valence-corrected chi connectivity index (χ2v) is 5.18. The Morgan fingerprint density at radius 2 is 2.05 bits per heavy atom. The largest absolute Gasteiger partial charge is 0.321 e. The summed E-state index contributed by atoms with van der Waals surface area (Å²) in [6.07, 6.45) is 0.0263. The van der Waals surface area contributed by atoms with E-state index in [1.807, 2.05) is 4.90 Å². The highest BCUT2D eigenvalue weighted by Crippen LogP contribution is 2.22. The molecule has 1 N–H and O–H groups in total. The Labute approximate surface area is 115 Å². The van der Waals surface area contributed by atoms with Gasteiger partial charge in [-0.25, -0.2) is 0 Å². The normalized spacial score (nSPS) is 19.5. The van der Waals surface area contributed by atoms with Crippen LogP contribution in [0, 0.1) is 6.92 Å². The van der Waals surface area contributed by atoms with Crippen LogP contribution in [0.5, 0.6) is 0 Å². The van der Waals surface area contributed by atoms with Crippen LogP contribution in [0.3, 0.4) is 0 Å². The summed E-state index contributed by atoms with van der Waals surface area (Å²) in [5, 5.41) is 3.29. The highest BCUT2D eigenvalue weighted by Gasteiger charge is 2.31. The third-order valence-electron chi connectivity index (χ3n) is 3.73. The van der Waals surface area contributed by atoms with Crippen LogP contribution >= 0.6 is 0 Å². The van der Waals surface area contributed by atoms with E-state index in [0.717, 1.165) is 25.2 Å². The maximum Gasteiger partial charge on any atom is 0.238 e. The summed E-state index contributed by atoms with van der Waals surface area (Å²) in [4.78, 5) is 16.1. The molecule has 1 heterocycles. The van der Waals surface area contributed by atoms with Crippen LogP contribution in [-0.2, 0) is 4.79 Å². The number of rotatable bonds is 5. The quantitative estimate of drug-likeness (QED) is 0.870. The molecule has 1 aliphatic rings. The van der Waals surface area contributed by atoms with Gasteiger partial charge in [0.2, 0.25) is 5.91 Å². The number of benzene rings is 1. The van der Waals surface area contributed by atoms with Crippen LogP contribution in [0.1, 0.15) is 24.2 Å². The minimum atomic E-state index is 0.0263. The lowest BCUT2D eigenvalue weighted by molar-refractivity contribution is -0.128. The Kier molecular flexibility index (Phi) is 4.56. The number of carbonyl (C=O) groups is 1. The Hall–Kier alpha value is -1.39. The number of hydrogen-bond acceptors (Lipinski definition) is 3. The van der Waals surface area contributed by atoms with Crippen LogP contribution in [0.4, 0.5) is 0 Å². The Balaban J connectivity index is 2.06. The van der Waals surface area contributed by atoms with Crippen molar-refractivity contribution >= 4 is 5.91 Å². The van der Waals surface area contributed by atoms with Crippen LogP contribution in [0.2, 0.25) is 0 Å².